The van der Waals surface area contributed by atoms with Crippen molar-refractivity contribution < 1.29 is 17.9 Å². The summed E-state index contributed by atoms with van der Waals surface area (Å²) in [6.07, 6.45) is 3.68. The van der Waals surface area contributed by atoms with E-state index >= 15 is 0 Å². The lowest BCUT2D eigenvalue weighted by Crippen LogP contribution is -2.50. The predicted octanol–water partition coefficient (Wildman–Crippen LogP) is 0.990. The number of nitrogens with zero attached hydrogens (tertiary/aromatic N) is 1. The van der Waals surface area contributed by atoms with E-state index in [4.69, 9.17) is 4.74 Å². The molecule has 0 aromatic carbocycles. The Kier molecular flexibility index (Phi) is 4.78. The lowest BCUT2D eigenvalue weighted by atomic mass is 9.90. The van der Waals surface area contributed by atoms with Crippen LogP contribution in [0.1, 0.15) is 24.8 Å². The number of rotatable bonds is 4. The molecule has 0 bridgehead atoms. The summed E-state index contributed by atoms with van der Waals surface area (Å²) in [5, 5.41) is 3.96. The number of thiophene rings is 1. The van der Waals surface area contributed by atoms with E-state index in [0.29, 0.717) is 39.0 Å². The third-order valence-electron chi connectivity index (χ3n) is 4.48. The highest BCUT2D eigenvalue weighted by molar-refractivity contribution is 7.88. The maximum atomic E-state index is 12.4. The van der Waals surface area contributed by atoms with Crippen molar-refractivity contribution >= 4 is 27.3 Å². The maximum Gasteiger partial charge on any atom is 0.227 e. The van der Waals surface area contributed by atoms with Gasteiger partial charge >= 0.3 is 0 Å². The second-order valence-corrected chi connectivity index (χ2v) is 9.04. The Morgan fingerprint density at radius 2 is 2.39 bits per heavy atom. The molecule has 2 fully saturated rings. The second kappa shape index (κ2) is 6.51. The quantitative estimate of drug-likeness (QED) is 0.871. The highest BCUT2D eigenvalue weighted by Gasteiger charge is 2.44. The minimum absolute atomic E-state index is 0.106. The predicted molar refractivity (Wildman–Crippen MR) is 88.9 cm³/mol. The molecule has 3 heterocycles. The molecule has 128 valence electrons. The standard InChI is InChI=1S/C15H22N2O4S2/c1-23(19,20)16-13-2-6-21-15(9-13)4-5-17(11-15)14(18)8-12-3-7-22-10-12/h3,7,10,13,16H,2,4-6,8-9,11H2,1H3/t13-,15-/m1/s1. The zero-order valence-corrected chi connectivity index (χ0v) is 14.8. The lowest BCUT2D eigenvalue weighted by molar-refractivity contribution is -0.132. The van der Waals surface area contributed by atoms with E-state index in [1.54, 1.807) is 11.3 Å². The number of ether oxygens (including phenoxy) is 1. The molecule has 3 rings (SSSR count). The summed E-state index contributed by atoms with van der Waals surface area (Å²) in [5.74, 6) is 0.113. The van der Waals surface area contributed by atoms with Crippen molar-refractivity contribution in [3.63, 3.8) is 0 Å². The monoisotopic (exact) mass is 358 g/mol. The normalized spacial score (nSPS) is 28.4. The first-order chi connectivity index (χ1) is 10.9. The molecular formula is C15H22N2O4S2. The van der Waals surface area contributed by atoms with Gasteiger partial charge in [-0.1, -0.05) is 0 Å². The average molecular weight is 358 g/mol. The summed E-state index contributed by atoms with van der Waals surface area (Å²) in [6, 6.07) is 1.86. The molecule has 8 heteroatoms. The van der Waals surface area contributed by atoms with E-state index in [9.17, 15) is 13.2 Å². The number of amides is 1. The van der Waals surface area contributed by atoms with Crippen LogP contribution in [0.3, 0.4) is 0 Å². The zero-order valence-electron chi connectivity index (χ0n) is 13.2. The number of hydrogen-bond acceptors (Lipinski definition) is 5. The highest BCUT2D eigenvalue weighted by atomic mass is 32.2. The first kappa shape index (κ1) is 16.9. The number of likely N-dealkylation sites (tertiary alicyclic amines) is 1. The van der Waals surface area contributed by atoms with Crippen LogP contribution >= 0.6 is 11.3 Å². The Balaban J connectivity index is 1.60. The molecule has 1 spiro atoms. The van der Waals surface area contributed by atoms with Gasteiger partial charge in [-0.25, -0.2) is 13.1 Å². The average Bonchev–Trinajstić information content (AvgIpc) is 3.07. The molecular weight excluding hydrogens is 336 g/mol. The van der Waals surface area contributed by atoms with Gasteiger partial charge in [0.25, 0.3) is 0 Å². The van der Waals surface area contributed by atoms with Gasteiger partial charge in [0.1, 0.15) is 0 Å². The van der Waals surface area contributed by atoms with Crippen LogP contribution in [0.25, 0.3) is 0 Å². The minimum Gasteiger partial charge on any atom is -0.373 e. The molecule has 0 unspecified atom stereocenters. The highest BCUT2D eigenvalue weighted by Crippen LogP contribution is 2.34. The SMILES string of the molecule is CS(=O)(=O)N[C@@H]1CCO[C@]2(CCN(C(=O)Cc3ccsc3)C2)C1. The van der Waals surface area contributed by atoms with Gasteiger partial charge < -0.3 is 9.64 Å². The summed E-state index contributed by atoms with van der Waals surface area (Å²) >= 11 is 1.59. The van der Waals surface area contributed by atoms with Crippen molar-refractivity contribution in [2.75, 3.05) is 26.0 Å². The summed E-state index contributed by atoms with van der Waals surface area (Å²) in [7, 11) is -3.22. The van der Waals surface area contributed by atoms with Crippen molar-refractivity contribution in [1.82, 2.24) is 9.62 Å². The number of sulfonamides is 1. The van der Waals surface area contributed by atoms with E-state index in [0.717, 1.165) is 12.0 Å². The van der Waals surface area contributed by atoms with Crippen molar-refractivity contribution in [2.45, 2.75) is 37.3 Å². The van der Waals surface area contributed by atoms with Gasteiger partial charge in [-0.3, -0.25) is 4.79 Å². The zero-order chi connectivity index (χ0) is 16.5. The topological polar surface area (TPSA) is 75.7 Å². The van der Waals surface area contributed by atoms with Crippen LogP contribution in [0.4, 0.5) is 0 Å². The maximum absolute atomic E-state index is 12.4. The third kappa shape index (κ3) is 4.32. The number of nitrogens with one attached hydrogen (secondary N) is 1. The Morgan fingerprint density at radius 3 is 3.09 bits per heavy atom. The van der Waals surface area contributed by atoms with E-state index in [-0.39, 0.29) is 11.9 Å². The minimum atomic E-state index is -3.22. The van der Waals surface area contributed by atoms with Crippen LogP contribution in [0, 0.1) is 0 Å². The van der Waals surface area contributed by atoms with E-state index in [1.807, 2.05) is 21.7 Å². The molecule has 0 radical (unpaired) electrons. The van der Waals surface area contributed by atoms with Crippen LogP contribution in [0.2, 0.25) is 0 Å². The van der Waals surface area contributed by atoms with E-state index in [1.165, 1.54) is 6.26 Å². The van der Waals surface area contributed by atoms with Gasteiger partial charge in [0.05, 0.1) is 18.3 Å². The molecule has 1 aromatic heterocycles. The van der Waals surface area contributed by atoms with Crippen LogP contribution in [0.15, 0.2) is 16.8 Å². The summed E-state index contributed by atoms with van der Waals surface area (Å²) in [4.78, 5) is 14.3. The molecule has 23 heavy (non-hydrogen) atoms. The molecule has 1 N–H and O–H groups in total. The van der Waals surface area contributed by atoms with Gasteiger partial charge in [0, 0.05) is 25.7 Å². The summed E-state index contributed by atoms with van der Waals surface area (Å²) in [6.45, 7) is 1.76. The molecule has 0 aliphatic carbocycles. The smallest absolute Gasteiger partial charge is 0.227 e. The van der Waals surface area contributed by atoms with Crippen molar-refractivity contribution in [3.05, 3.63) is 22.4 Å². The molecule has 2 saturated heterocycles. The molecule has 1 amide bonds. The lowest BCUT2D eigenvalue weighted by Gasteiger charge is -2.38. The van der Waals surface area contributed by atoms with E-state index in [2.05, 4.69) is 4.72 Å². The molecule has 2 atom stereocenters. The fraction of sp³-hybridized carbons (Fsp3) is 0.667. The Labute approximate surface area is 140 Å². The molecule has 1 aromatic rings. The fourth-order valence-electron chi connectivity index (χ4n) is 3.45. The molecule has 6 nitrogen and oxygen atoms in total. The summed E-state index contributed by atoms with van der Waals surface area (Å²) in [5.41, 5.74) is 0.646. The fourth-order valence-corrected chi connectivity index (χ4v) is 4.93. The number of carbonyl (C=O) groups excluding carboxylic acids is 1. The first-order valence-corrected chi connectivity index (χ1v) is 10.6. The summed E-state index contributed by atoms with van der Waals surface area (Å²) < 4.78 is 31.5. The van der Waals surface area contributed by atoms with Crippen molar-refractivity contribution in [1.29, 1.82) is 0 Å². The molecule has 0 saturated carbocycles. The van der Waals surface area contributed by atoms with Gasteiger partial charge in [-0.05, 0) is 41.7 Å². The van der Waals surface area contributed by atoms with Crippen LogP contribution in [-0.4, -0.2) is 56.8 Å². The van der Waals surface area contributed by atoms with Crippen LogP contribution in [0.5, 0.6) is 0 Å². The van der Waals surface area contributed by atoms with Crippen molar-refractivity contribution in [2.24, 2.45) is 0 Å². The Bertz CT molecular complexity index is 659. The van der Waals surface area contributed by atoms with Gasteiger partial charge in [0.15, 0.2) is 0 Å². The van der Waals surface area contributed by atoms with Gasteiger partial charge in [0.2, 0.25) is 15.9 Å². The first-order valence-electron chi connectivity index (χ1n) is 7.75. The Morgan fingerprint density at radius 1 is 1.57 bits per heavy atom. The largest absolute Gasteiger partial charge is 0.373 e. The number of hydrogen-bond donors (Lipinski definition) is 1. The van der Waals surface area contributed by atoms with Crippen LogP contribution < -0.4 is 4.72 Å². The number of carbonyl (C=O) groups is 1. The Hall–Kier alpha value is -0.960. The van der Waals surface area contributed by atoms with Crippen molar-refractivity contribution in [3.8, 4) is 0 Å². The molecule has 2 aliphatic rings. The van der Waals surface area contributed by atoms with Gasteiger partial charge in [-0.15, -0.1) is 0 Å². The van der Waals surface area contributed by atoms with E-state index < -0.39 is 15.6 Å². The van der Waals surface area contributed by atoms with Crippen LogP contribution in [-0.2, 0) is 26.0 Å². The molecule has 2 aliphatic heterocycles. The second-order valence-electron chi connectivity index (χ2n) is 6.48. The van der Waals surface area contributed by atoms with Gasteiger partial charge in [-0.2, -0.15) is 11.3 Å². The third-order valence-corrected chi connectivity index (χ3v) is 5.97.